The van der Waals surface area contributed by atoms with E-state index in [0.29, 0.717) is 17.9 Å². The van der Waals surface area contributed by atoms with Crippen molar-refractivity contribution in [3.8, 4) is 11.5 Å². The Morgan fingerprint density at radius 3 is 1.48 bits per heavy atom. The minimum absolute atomic E-state index is 0. The van der Waals surface area contributed by atoms with Crippen molar-refractivity contribution in [3.05, 3.63) is 132 Å². The van der Waals surface area contributed by atoms with E-state index in [1.807, 2.05) is 104 Å². The fourth-order valence-corrected chi connectivity index (χ4v) is 5.09. The summed E-state index contributed by atoms with van der Waals surface area (Å²) in [4.78, 5) is 29.6. The van der Waals surface area contributed by atoms with Gasteiger partial charge in [0.15, 0.2) is 0 Å². The normalized spacial score (nSPS) is 11.2. The molecule has 0 N–H and O–H groups in total. The van der Waals surface area contributed by atoms with Gasteiger partial charge in [-0.15, -0.1) is 0 Å². The summed E-state index contributed by atoms with van der Waals surface area (Å²) in [5.74, 6) is 0.280. The number of carbonyl (C=O) groups is 1. The molecule has 0 amide bonds. The van der Waals surface area contributed by atoms with Crippen LogP contribution in [-0.4, -0.2) is 25.9 Å². The summed E-state index contributed by atoms with van der Waals surface area (Å²) in [5.41, 5.74) is 6.13. The number of aromatic nitrogens is 4. The molecule has 6 aromatic rings. The molecule has 9 heteroatoms. The molecular weight excluding hydrogens is 563 g/mol. The third kappa shape index (κ3) is 7.22. The van der Waals surface area contributed by atoms with E-state index in [4.69, 9.17) is 9.47 Å². The fourth-order valence-electron chi connectivity index (χ4n) is 5.09. The summed E-state index contributed by atoms with van der Waals surface area (Å²) in [5, 5.41) is 11.4. The Bertz CT molecular complexity index is 1750. The van der Waals surface area contributed by atoms with Crippen molar-refractivity contribution >= 4 is 28.0 Å². The van der Waals surface area contributed by atoms with Gasteiger partial charge >= 0.3 is 29.6 Å². The number of ether oxygens (including phenoxy) is 2. The average Bonchev–Trinajstić information content (AvgIpc) is 3.05. The van der Waals surface area contributed by atoms with Gasteiger partial charge in [0.05, 0.1) is 45.8 Å². The summed E-state index contributed by atoms with van der Waals surface area (Å²) in [6, 6.07) is 30.9. The van der Waals surface area contributed by atoms with Gasteiger partial charge in [-0.05, 0) is 72.5 Å². The second kappa shape index (κ2) is 13.9. The van der Waals surface area contributed by atoms with Crippen molar-refractivity contribution in [1.29, 1.82) is 0 Å². The fraction of sp³-hybridized carbons (Fsp3) is 0.171. The van der Waals surface area contributed by atoms with E-state index in [2.05, 4.69) is 19.9 Å². The van der Waals surface area contributed by atoms with Crippen LogP contribution in [0.5, 0.6) is 11.5 Å². The molecule has 4 aromatic carbocycles. The molecule has 0 spiro atoms. The third-order valence-electron chi connectivity index (χ3n) is 7.58. The van der Waals surface area contributed by atoms with Crippen molar-refractivity contribution in [3.63, 3.8) is 0 Å². The van der Waals surface area contributed by atoms with Gasteiger partial charge in [-0.1, -0.05) is 55.5 Å². The molecule has 0 fully saturated rings. The first kappa shape index (κ1) is 31.1. The van der Waals surface area contributed by atoms with E-state index in [-0.39, 0.29) is 49.2 Å². The van der Waals surface area contributed by atoms with E-state index in [0.717, 1.165) is 44.6 Å². The van der Waals surface area contributed by atoms with Crippen LogP contribution in [0, 0.1) is 0 Å². The maximum Gasteiger partial charge on any atom is 1.00 e. The summed E-state index contributed by atoms with van der Waals surface area (Å²) in [6.07, 6.45) is 3.73. The van der Waals surface area contributed by atoms with Crippen molar-refractivity contribution in [2.24, 2.45) is 0 Å². The molecule has 0 aliphatic heterocycles. The quantitative estimate of drug-likeness (QED) is 0.211. The molecule has 0 saturated heterocycles. The number of carboxylic acids is 1. The monoisotopic (exact) mass is 592 g/mol. The Hall–Kier alpha value is -4.37. The Kier molecular flexibility index (Phi) is 9.85. The van der Waals surface area contributed by atoms with Crippen LogP contribution < -0.4 is 44.1 Å². The number of carboxylic acid groups (broad SMARTS) is 1. The molecule has 2 heterocycles. The Morgan fingerprint density at radius 1 is 0.659 bits per heavy atom. The smallest absolute Gasteiger partial charge is 0.550 e. The number of para-hydroxylation sites is 4. The summed E-state index contributed by atoms with van der Waals surface area (Å²) >= 11 is 0. The van der Waals surface area contributed by atoms with E-state index in [1.165, 1.54) is 0 Å². The molecular formula is C35H29N4NaO4. The van der Waals surface area contributed by atoms with Crippen LogP contribution in [0.4, 0.5) is 0 Å². The van der Waals surface area contributed by atoms with Crippen molar-refractivity contribution in [2.75, 3.05) is 0 Å². The summed E-state index contributed by atoms with van der Waals surface area (Å²) in [7, 11) is 0. The number of hydrogen-bond donors (Lipinski definition) is 0. The number of benzene rings is 4. The van der Waals surface area contributed by atoms with Crippen LogP contribution in [0.3, 0.4) is 0 Å². The zero-order valence-corrected chi connectivity index (χ0v) is 26.6. The minimum atomic E-state index is -1.08. The number of rotatable bonds is 11. The molecule has 0 radical (unpaired) electrons. The molecule has 44 heavy (non-hydrogen) atoms. The zero-order chi connectivity index (χ0) is 29.6. The first-order valence-corrected chi connectivity index (χ1v) is 14.0. The third-order valence-corrected chi connectivity index (χ3v) is 7.58. The van der Waals surface area contributed by atoms with Gasteiger partial charge in [0, 0.05) is 11.4 Å². The topological polar surface area (TPSA) is 110 Å². The van der Waals surface area contributed by atoms with Crippen LogP contribution in [0.2, 0.25) is 0 Å². The van der Waals surface area contributed by atoms with Crippen LogP contribution >= 0.6 is 0 Å². The van der Waals surface area contributed by atoms with Crippen LogP contribution in [-0.2, 0) is 23.4 Å². The summed E-state index contributed by atoms with van der Waals surface area (Å²) < 4.78 is 12.0. The minimum Gasteiger partial charge on any atom is -0.550 e. The van der Waals surface area contributed by atoms with Gasteiger partial charge in [0.25, 0.3) is 0 Å². The van der Waals surface area contributed by atoms with Crippen molar-refractivity contribution < 1.29 is 48.9 Å². The van der Waals surface area contributed by atoms with Gasteiger partial charge < -0.3 is 19.4 Å². The molecule has 0 atom stereocenters. The zero-order valence-electron chi connectivity index (χ0n) is 24.6. The molecule has 0 saturated carbocycles. The number of hydrogen-bond acceptors (Lipinski definition) is 8. The predicted molar refractivity (Wildman–Crippen MR) is 161 cm³/mol. The van der Waals surface area contributed by atoms with Crippen LogP contribution in [0.15, 0.2) is 109 Å². The molecule has 2 aromatic heterocycles. The number of aliphatic carboxylic acids is 1. The Morgan fingerprint density at radius 2 is 1.07 bits per heavy atom. The largest absolute Gasteiger partial charge is 1.00 e. The van der Waals surface area contributed by atoms with Gasteiger partial charge in [-0.25, -0.2) is 9.97 Å². The van der Waals surface area contributed by atoms with E-state index in [9.17, 15) is 9.90 Å². The van der Waals surface area contributed by atoms with Gasteiger partial charge in [-0.2, -0.15) is 0 Å². The van der Waals surface area contributed by atoms with E-state index in [1.54, 1.807) is 12.4 Å². The molecule has 214 valence electrons. The number of carbonyl (C=O) groups excluding carboxylic acids is 1. The molecule has 0 aliphatic rings. The van der Waals surface area contributed by atoms with E-state index < -0.39 is 11.4 Å². The molecule has 0 bridgehead atoms. The van der Waals surface area contributed by atoms with Gasteiger partial charge in [-0.3, -0.25) is 9.97 Å². The van der Waals surface area contributed by atoms with E-state index >= 15 is 0 Å². The van der Waals surface area contributed by atoms with Crippen molar-refractivity contribution in [1.82, 2.24) is 19.9 Å². The summed E-state index contributed by atoms with van der Waals surface area (Å²) in [6.45, 7) is 2.60. The second-order valence-corrected chi connectivity index (χ2v) is 10.5. The predicted octanol–water partition coefficient (Wildman–Crippen LogP) is 2.57. The maximum atomic E-state index is 11.4. The number of fused-ring (bicyclic) bond motifs is 2. The first-order chi connectivity index (χ1) is 21.0. The Balaban J connectivity index is 0.00000384. The first-order valence-electron chi connectivity index (χ1n) is 14.0. The van der Waals surface area contributed by atoms with Crippen molar-refractivity contribution in [2.45, 2.75) is 38.4 Å². The standard InChI is InChI=1S/C35H30N4O4.Na/c1-35(19-18-34(40)41,24-10-14-28(15-11-24)42-22-26-20-36-30-6-2-4-8-32(30)38-26)25-12-16-29(17-13-25)43-23-27-21-37-31-7-3-5-9-33(31)39-27;/h2-17,20-21H,18-19,22-23H2,1H3,(H,40,41);/q;+1/p-1. The molecule has 8 nitrogen and oxygen atoms in total. The average molecular weight is 593 g/mol. The van der Waals surface area contributed by atoms with Gasteiger partial charge in [0.2, 0.25) is 0 Å². The second-order valence-electron chi connectivity index (χ2n) is 10.5. The van der Waals surface area contributed by atoms with Crippen LogP contribution in [0.25, 0.3) is 22.1 Å². The Labute approximate surface area is 277 Å². The SMILES string of the molecule is CC(CCC(=O)[O-])(c1ccc(OCc2cnc3ccccc3n2)cc1)c1ccc(OCc2cnc3ccccc3n2)cc1.[Na+]. The number of nitrogens with zero attached hydrogens (tertiary/aromatic N) is 4. The molecule has 6 rings (SSSR count). The molecule has 0 aliphatic carbocycles. The van der Waals surface area contributed by atoms with Crippen LogP contribution in [0.1, 0.15) is 42.3 Å². The molecule has 0 unspecified atom stereocenters. The maximum absolute atomic E-state index is 11.4. The van der Waals surface area contributed by atoms with Gasteiger partial charge in [0.1, 0.15) is 24.7 Å².